The van der Waals surface area contributed by atoms with Crippen molar-refractivity contribution in [2.75, 3.05) is 34.8 Å². The largest absolute Gasteiger partial charge is 0.405 e. The fourth-order valence-corrected chi connectivity index (χ4v) is 3.57. The number of fused-ring (bicyclic) bond motifs is 4. The van der Waals surface area contributed by atoms with Crippen LogP contribution in [-0.2, 0) is 7.05 Å². The number of nitrogens with zero attached hydrogens (tertiary/aromatic N) is 5. The lowest BCUT2D eigenvalue weighted by Crippen LogP contribution is -2.48. The van der Waals surface area contributed by atoms with Gasteiger partial charge in [-0.25, -0.2) is 14.8 Å². The van der Waals surface area contributed by atoms with Crippen molar-refractivity contribution in [3.05, 3.63) is 40.6 Å². The molecule has 164 valence electrons. The van der Waals surface area contributed by atoms with E-state index in [1.54, 1.807) is 11.4 Å². The fraction of sp³-hybridized carbons (Fsp3) is 0.389. The van der Waals surface area contributed by atoms with Gasteiger partial charge >= 0.3 is 12.2 Å². The molecule has 31 heavy (non-hydrogen) atoms. The number of pyridine rings is 1. The fourth-order valence-electron chi connectivity index (χ4n) is 3.57. The molecule has 1 unspecified atom stereocenters. The van der Waals surface area contributed by atoms with Gasteiger partial charge in [-0.05, 0) is 18.6 Å². The van der Waals surface area contributed by atoms with Gasteiger partial charge in [0.05, 0.1) is 18.1 Å². The Morgan fingerprint density at radius 3 is 2.77 bits per heavy atom. The summed E-state index contributed by atoms with van der Waals surface area (Å²) in [6.45, 7) is -0.281. The van der Waals surface area contributed by atoms with Crippen LogP contribution < -0.4 is 26.0 Å². The lowest BCUT2D eigenvalue weighted by molar-refractivity contribution is -0.123. The smallest absolute Gasteiger partial charge is 0.366 e. The Labute approximate surface area is 173 Å². The molecule has 4 rings (SSSR count). The zero-order chi connectivity index (χ0) is 22.3. The van der Waals surface area contributed by atoms with Gasteiger partial charge in [0.1, 0.15) is 18.1 Å². The molecule has 0 saturated carbocycles. The van der Waals surface area contributed by atoms with E-state index in [1.807, 2.05) is 4.90 Å². The van der Waals surface area contributed by atoms with Crippen LogP contribution in [0.5, 0.6) is 0 Å². The van der Waals surface area contributed by atoms with Crippen molar-refractivity contribution in [1.82, 2.24) is 19.9 Å². The van der Waals surface area contributed by atoms with E-state index in [0.29, 0.717) is 25.2 Å². The average Bonchev–Trinajstić information content (AvgIpc) is 3.12. The third-order valence-corrected chi connectivity index (χ3v) is 5.07. The molecule has 2 aromatic rings. The Balaban J connectivity index is 1.62. The lowest BCUT2D eigenvalue weighted by Gasteiger charge is -2.35. The molecule has 4 heterocycles. The van der Waals surface area contributed by atoms with E-state index < -0.39 is 24.7 Å². The van der Waals surface area contributed by atoms with E-state index in [4.69, 9.17) is 0 Å². The van der Waals surface area contributed by atoms with Gasteiger partial charge in [0.2, 0.25) is 0 Å². The van der Waals surface area contributed by atoms with Crippen LogP contribution in [0.25, 0.3) is 0 Å². The summed E-state index contributed by atoms with van der Waals surface area (Å²) in [4.78, 5) is 48.5. The molecule has 2 N–H and O–H groups in total. The highest BCUT2D eigenvalue weighted by Crippen LogP contribution is 2.39. The third kappa shape index (κ3) is 4.15. The molecule has 1 fully saturated rings. The topological polar surface area (TPSA) is 112 Å². The van der Waals surface area contributed by atoms with E-state index in [2.05, 4.69) is 15.3 Å². The minimum absolute atomic E-state index is 0.0501. The maximum atomic E-state index is 13.0. The number of amides is 3. The second-order valence-electron chi connectivity index (χ2n) is 7.25. The van der Waals surface area contributed by atoms with E-state index in [-0.39, 0.29) is 28.9 Å². The van der Waals surface area contributed by atoms with Crippen LogP contribution in [0, 0.1) is 0 Å². The summed E-state index contributed by atoms with van der Waals surface area (Å²) in [5.74, 6) is -0.787. The minimum Gasteiger partial charge on any atom is -0.366 e. The molecule has 2 aromatic heterocycles. The number of rotatable bonds is 3. The van der Waals surface area contributed by atoms with Crippen LogP contribution in [0.3, 0.4) is 0 Å². The van der Waals surface area contributed by atoms with Gasteiger partial charge in [0.15, 0.2) is 5.82 Å². The number of hydrogen-bond acceptors (Lipinski definition) is 6. The number of halogens is 3. The van der Waals surface area contributed by atoms with E-state index in [1.165, 1.54) is 28.9 Å². The summed E-state index contributed by atoms with van der Waals surface area (Å²) in [5, 5.41) is 4.32. The summed E-state index contributed by atoms with van der Waals surface area (Å²) in [5.41, 5.74) is -0.0126. The summed E-state index contributed by atoms with van der Waals surface area (Å²) in [6.07, 6.45) is -2.65. The maximum absolute atomic E-state index is 13.0. The first-order valence-electron chi connectivity index (χ1n) is 9.36. The first-order valence-corrected chi connectivity index (χ1v) is 9.36. The maximum Gasteiger partial charge on any atom is 0.405 e. The number of carbonyl (C=O) groups excluding carboxylic acids is 2. The predicted molar refractivity (Wildman–Crippen MR) is 104 cm³/mol. The molecule has 10 nitrogen and oxygen atoms in total. The Bertz CT molecular complexity index is 1100. The number of alkyl halides is 3. The highest BCUT2D eigenvalue weighted by molar-refractivity contribution is 6.05. The second kappa shape index (κ2) is 7.56. The second-order valence-corrected chi connectivity index (χ2v) is 7.25. The van der Waals surface area contributed by atoms with Gasteiger partial charge in [-0.1, -0.05) is 0 Å². The molecule has 1 saturated heterocycles. The van der Waals surface area contributed by atoms with Crippen LogP contribution in [0.4, 0.5) is 35.3 Å². The number of aromatic nitrogens is 3. The van der Waals surface area contributed by atoms with Gasteiger partial charge in [0.25, 0.3) is 11.5 Å². The molecule has 0 radical (unpaired) electrons. The van der Waals surface area contributed by atoms with Crippen molar-refractivity contribution in [3.63, 3.8) is 0 Å². The molecule has 2 aliphatic heterocycles. The number of anilines is 3. The van der Waals surface area contributed by atoms with Crippen molar-refractivity contribution in [3.8, 4) is 0 Å². The molecule has 2 aliphatic rings. The summed E-state index contributed by atoms with van der Waals surface area (Å²) >= 11 is 0. The molecule has 3 amide bonds. The van der Waals surface area contributed by atoms with Crippen molar-refractivity contribution >= 4 is 29.3 Å². The Morgan fingerprint density at radius 2 is 2.06 bits per heavy atom. The molecular weight excluding hydrogens is 419 g/mol. The number of urea groups is 1. The Morgan fingerprint density at radius 1 is 1.29 bits per heavy atom. The van der Waals surface area contributed by atoms with Crippen LogP contribution in [0.2, 0.25) is 0 Å². The van der Waals surface area contributed by atoms with Crippen LogP contribution in [0.15, 0.2) is 29.3 Å². The summed E-state index contributed by atoms with van der Waals surface area (Å²) in [7, 11) is 1.52. The number of nitrogens with one attached hydrogen (secondary N) is 2. The first kappa shape index (κ1) is 20.6. The molecule has 0 aliphatic carbocycles. The number of carbonyl (C=O) groups is 2. The Hall–Kier alpha value is -3.64. The van der Waals surface area contributed by atoms with Crippen molar-refractivity contribution in [2.45, 2.75) is 18.6 Å². The van der Waals surface area contributed by atoms with Gasteiger partial charge in [-0.3, -0.25) is 19.8 Å². The SMILES string of the molecule is Cn1cnc(NC(=O)N2c3nc(C(=O)NCC(F)(F)F)ccc3N3CCC2C3)cc1=O. The highest BCUT2D eigenvalue weighted by atomic mass is 19.4. The first-order chi connectivity index (χ1) is 14.6. The molecular formula is C18H18F3N7O3. The minimum atomic E-state index is -4.56. The zero-order valence-electron chi connectivity index (χ0n) is 16.3. The van der Waals surface area contributed by atoms with Gasteiger partial charge in [0, 0.05) is 26.2 Å². The quantitative estimate of drug-likeness (QED) is 0.744. The zero-order valence-corrected chi connectivity index (χ0v) is 16.3. The summed E-state index contributed by atoms with van der Waals surface area (Å²) in [6, 6.07) is 3.19. The summed E-state index contributed by atoms with van der Waals surface area (Å²) < 4.78 is 38.5. The molecule has 1 atom stereocenters. The molecule has 0 aromatic carbocycles. The number of aryl methyl sites for hydroxylation is 1. The van der Waals surface area contributed by atoms with Crippen molar-refractivity contribution in [2.24, 2.45) is 7.05 Å². The van der Waals surface area contributed by atoms with Gasteiger partial charge in [-0.2, -0.15) is 13.2 Å². The van der Waals surface area contributed by atoms with Gasteiger partial charge < -0.3 is 14.8 Å². The van der Waals surface area contributed by atoms with E-state index >= 15 is 0 Å². The third-order valence-electron chi connectivity index (χ3n) is 5.07. The molecule has 0 spiro atoms. The lowest BCUT2D eigenvalue weighted by atomic mass is 10.1. The van der Waals surface area contributed by atoms with Crippen LogP contribution in [-0.4, -0.2) is 58.3 Å². The van der Waals surface area contributed by atoms with E-state index in [9.17, 15) is 27.6 Å². The van der Waals surface area contributed by atoms with Crippen molar-refractivity contribution < 1.29 is 22.8 Å². The Kier molecular flexibility index (Phi) is 5.03. The van der Waals surface area contributed by atoms with Crippen LogP contribution in [0.1, 0.15) is 16.9 Å². The standard InChI is InChI=1S/C18H18F3N7O3/c1-26-9-23-13(6-14(26)29)25-17(31)28-10-4-5-27(7-10)12-3-2-11(24-15(12)28)16(30)22-8-18(19,20)21/h2-3,6,9-10H,4-5,7-8H2,1H3,(H,22,30)(H,25,31). The molecule has 2 bridgehead atoms. The van der Waals surface area contributed by atoms with Gasteiger partial charge in [-0.15, -0.1) is 0 Å². The highest BCUT2D eigenvalue weighted by Gasteiger charge is 2.40. The monoisotopic (exact) mass is 437 g/mol. The predicted octanol–water partition coefficient (Wildman–Crippen LogP) is 1.10. The van der Waals surface area contributed by atoms with E-state index in [0.717, 1.165) is 6.07 Å². The van der Waals surface area contributed by atoms with Crippen LogP contribution >= 0.6 is 0 Å². The average molecular weight is 437 g/mol. The van der Waals surface area contributed by atoms with Crippen molar-refractivity contribution in [1.29, 1.82) is 0 Å². The molecule has 13 heteroatoms. The normalized spacial score (nSPS) is 17.4. The number of hydrogen-bond donors (Lipinski definition) is 2.